The fourth-order valence-electron chi connectivity index (χ4n) is 2.12. The normalized spacial score (nSPS) is 28.8. The molecule has 4 heteroatoms. The van der Waals surface area contributed by atoms with Gasteiger partial charge in [0.15, 0.2) is 0 Å². The van der Waals surface area contributed by atoms with Crippen LogP contribution in [0.2, 0.25) is 0 Å². The number of nitrogens with one attached hydrogen (secondary N) is 1. The van der Waals surface area contributed by atoms with E-state index in [0.717, 1.165) is 19.6 Å². The molecule has 0 aromatic heterocycles. The van der Waals surface area contributed by atoms with Gasteiger partial charge >= 0.3 is 0 Å². The first-order valence-corrected chi connectivity index (χ1v) is 5.67. The molecule has 0 aliphatic heterocycles. The minimum absolute atomic E-state index is 0.239. The Hall–Kier alpha value is -0.160. The van der Waals surface area contributed by atoms with Crippen LogP contribution in [0.1, 0.15) is 20.3 Å². The molecule has 1 rings (SSSR count). The highest BCUT2D eigenvalue weighted by atomic mass is 16.5. The van der Waals surface area contributed by atoms with Crippen molar-refractivity contribution in [3.05, 3.63) is 0 Å². The first kappa shape index (κ1) is 12.9. The predicted molar refractivity (Wildman–Crippen MR) is 60.9 cm³/mol. The maximum absolute atomic E-state index is 5.39. The van der Waals surface area contributed by atoms with Gasteiger partial charge in [0.1, 0.15) is 0 Å². The average molecular weight is 216 g/mol. The maximum atomic E-state index is 5.39. The topological polar surface area (TPSA) is 56.5 Å². The van der Waals surface area contributed by atoms with E-state index in [1.165, 1.54) is 0 Å². The lowest BCUT2D eigenvalue weighted by Gasteiger charge is -2.51. The Morgan fingerprint density at radius 3 is 2.67 bits per heavy atom. The summed E-state index contributed by atoms with van der Waals surface area (Å²) < 4.78 is 10.7. The summed E-state index contributed by atoms with van der Waals surface area (Å²) in [5.74, 6) is 0. The van der Waals surface area contributed by atoms with Crippen molar-refractivity contribution in [3.8, 4) is 0 Å². The summed E-state index contributed by atoms with van der Waals surface area (Å²) >= 11 is 0. The van der Waals surface area contributed by atoms with E-state index in [1.807, 2.05) is 0 Å². The van der Waals surface area contributed by atoms with Crippen molar-refractivity contribution >= 4 is 0 Å². The second kappa shape index (κ2) is 5.80. The van der Waals surface area contributed by atoms with Gasteiger partial charge in [0, 0.05) is 31.7 Å². The number of ether oxygens (including phenoxy) is 2. The second-order valence-electron chi connectivity index (χ2n) is 4.69. The second-order valence-corrected chi connectivity index (χ2v) is 4.69. The average Bonchev–Trinajstić information content (AvgIpc) is 2.21. The van der Waals surface area contributed by atoms with Gasteiger partial charge in [0.05, 0.1) is 19.3 Å². The van der Waals surface area contributed by atoms with E-state index in [2.05, 4.69) is 19.2 Å². The van der Waals surface area contributed by atoms with Crippen LogP contribution >= 0.6 is 0 Å². The summed E-state index contributed by atoms with van der Waals surface area (Å²) in [6.07, 6.45) is 1.49. The predicted octanol–water partition coefficient (Wildman–Crippen LogP) is 0.365. The SMILES string of the molecule is COC1CC(NCCOCCN)C1(C)C. The molecule has 0 amide bonds. The number of nitrogens with two attached hydrogens (primary N) is 1. The molecule has 0 spiro atoms. The highest BCUT2D eigenvalue weighted by Gasteiger charge is 2.47. The molecule has 0 aromatic carbocycles. The Kier molecular flexibility index (Phi) is 4.99. The summed E-state index contributed by atoms with van der Waals surface area (Å²) in [5, 5.41) is 3.49. The van der Waals surface area contributed by atoms with Crippen LogP contribution in [-0.4, -0.2) is 45.6 Å². The summed E-state index contributed by atoms with van der Waals surface area (Å²) in [4.78, 5) is 0. The number of methoxy groups -OCH3 is 1. The standard InChI is InChI=1S/C11H24N2O2/c1-11(2)9(8-10(11)14-3)13-5-7-15-6-4-12/h9-10,13H,4-8,12H2,1-3H3. The molecule has 4 nitrogen and oxygen atoms in total. The van der Waals surface area contributed by atoms with Gasteiger partial charge in [0.25, 0.3) is 0 Å². The third-order valence-corrected chi connectivity index (χ3v) is 3.36. The van der Waals surface area contributed by atoms with E-state index in [0.29, 0.717) is 25.3 Å². The maximum Gasteiger partial charge on any atom is 0.0652 e. The summed E-state index contributed by atoms with van der Waals surface area (Å²) in [6, 6.07) is 0.545. The Balaban J connectivity index is 2.08. The fraction of sp³-hybridized carbons (Fsp3) is 1.00. The molecule has 0 saturated heterocycles. The molecule has 2 unspecified atom stereocenters. The third-order valence-electron chi connectivity index (χ3n) is 3.36. The molecule has 1 fully saturated rings. The van der Waals surface area contributed by atoms with Gasteiger partial charge in [-0.1, -0.05) is 13.8 Å². The smallest absolute Gasteiger partial charge is 0.0652 e. The Morgan fingerprint density at radius 2 is 2.13 bits per heavy atom. The van der Waals surface area contributed by atoms with Crippen LogP contribution in [0.3, 0.4) is 0 Å². The molecule has 0 radical (unpaired) electrons. The van der Waals surface area contributed by atoms with Crippen LogP contribution in [0.4, 0.5) is 0 Å². The molecule has 0 aromatic rings. The monoisotopic (exact) mass is 216 g/mol. The summed E-state index contributed by atoms with van der Waals surface area (Å²) in [5.41, 5.74) is 5.56. The van der Waals surface area contributed by atoms with Gasteiger partial charge < -0.3 is 20.5 Å². The van der Waals surface area contributed by atoms with Crippen LogP contribution in [-0.2, 0) is 9.47 Å². The summed E-state index contributed by atoms with van der Waals surface area (Å²) in [7, 11) is 1.78. The first-order chi connectivity index (χ1) is 7.12. The Bertz CT molecular complexity index is 185. The van der Waals surface area contributed by atoms with Crippen LogP contribution in [0, 0.1) is 5.41 Å². The zero-order valence-electron chi connectivity index (χ0n) is 10.1. The van der Waals surface area contributed by atoms with Crippen molar-refractivity contribution in [2.45, 2.75) is 32.4 Å². The molecule has 1 saturated carbocycles. The van der Waals surface area contributed by atoms with Crippen LogP contribution in [0.5, 0.6) is 0 Å². The van der Waals surface area contributed by atoms with Gasteiger partial charge in [-0.3, -0.25) is 0 Å². The molecule has 0 heterocycles. The van der Waals surface area contributed by atoms with Gasteiger partial charge in [-0.15, -0.1) is 0 Å². The van der Waals surface area contributed by atoms with Gasteiger partial charge in [-0.05, 0) is 6.42 Å². The molecule has 2 atom stereocenters. The highest BCUT2D eigenvalue weighted by Crippen LogP contribution is 2.42. The lowest BCUT2D eigenvalue weighted by Crippen LogP contribution is -2.61. The number of hydrogen-bond acceptors (Lipinski definition) is 4. The van der Waals surface area contributed by atoms with E-state index in [9.17, 15) is 0 Å². The van der Waals surface area contributed by atoms with Gasteiger partial charge in [-0.25, -0.2) is 0 Å². The van der Waals surface area contributed by atoms with Gasteiger partial charge in [0.2, 0.25) is 0 Å². The molecule has 1 aliphatic carbocycles. The molecule has 15 heavy (non-hydrogen) atoms. The van der Waals surface area contributed by atoms with Crippen molar-refractivity contribution < 1.29 is 9.47 Å². The van der Waals surface area contributed by atoms with Crippen molar-refractivity contribution in [2.24, 2.45) is 11.1 Å². The van der Waals surface area contributed by atoms with E-state index in [1.54, 1.807) is 7.11 Å². The van der Waals surface area contributed by atoms with Crippen LogP contribution < -0.4 is 11.1 Å². The van der Waals surface area contributed by atoms with E-state index < -0.39 is 0 Å². The number of rotatable bonds is 7. The van der Waals surface area contributed by atoms with Crippen molar-refractivity contribution in [1.82, 2.24) is 5.32 Å². The van der Waals surface area contributed by atoms with E-state index in [-0.39, 0.29) is 5.41 Å². The van der Waals surface area contributed by atoms with Crippen LogP contribution in [0.25, 0.3) is 0 Å². The van der Waals surface area contributed by atoms with Crippen molar-refractivity contribution in [3.63, 3.8) is 0 Å². The van der Waals surface area contributed by atoms with Crippen LogP contribution in [0.15, 0.2) is 0 Å². The molecular formula is C11H24N2O2. The quantitative estimate of drug-likeness (QED) is 0.604. The lowest BCUT2D eigenvalue weighted by molar-refractivity contribution is -0.0982. The minimum Gasteiger partial charge on any atom is -0.381 e. The summed E-state index contributed by atoms with van der Waals surface area (Å²) in [6.45, 7) is 7.36. The lowest BCUT2D eigenvalue weighted by atomic mass is 9.64. The molecule has 90 valence electrons. The highest BCUT2D eigenvalue weighted by molar-refractivity contribution is 5.02. The zero-order valence-corrected chi connectivity index (χ0v) is 10.1. The van der Waals surface area contributed by atoms with Crippen molar-refractivity contribution in [1.29, 1.82) is 0 Å². The third kappa shape index (κ3) is 3.14. The zero-order chi connectivity index (χ0) is 11.3. The first-order valence-electron chi connectivity index (χ1n) is 5.67. The van der Waals surface area contributed by atoms with E-state index >= 15 is 0 Å². The largest absolute Gasteiger partial charge is 0.381 e. The van der Waals surface area contributed by atoms with E-state index in [4.69, 9.17) is 15.2 Å². The minimum atomic E-state index is 0.239. The Labute approximate surface area is 92.5 Å². The molecule has 3 N–H and O–H groups in total. The fourth-order valence-corrected chi connectivity index (χ4v) is 2.12. The molecular weight excluding hydrogens is 192 g/mol. The Morgan fingerprint density at radius 1 is 1.40 bits per heavy atom. The van der Waals surface area contributed by atoms with Gasteiger partial charge in [-0.2, -0.15) is 0 Å². The van der Waals surface area contributed by atoms with Crippen molar-refractivity contribution in [2.75, 3.05) is 33.4 Å². The molecule has 0 bridgehead atoms. The molecule has 1 aliphatic rings. The number of hydrogen-bond donors (Lipinski definition) is 2.